The molecular formula is C19H18FN3O4. The van der Waals surface area contributed by atoms with Crippen molar-refractivity contribution in [3.63, 3.8) is 0 Å². The lowest BCUT2D eigenvalue weighted by molar-refractivity contribution is -0.126. The first-order chi connectivity index (χ1) is 13.0. The highest BCUT2D eigenvalue weighted by molar-refractivity contribution is 6.01. The second kappa shape index (κ2) is 7.86. The van der Waals surface area contributed by atoms with Gasteiger partial charge in [-0.3, -0.25) is 25.2 Å². The van der Waals surface area contributed by atoms with Crippen LogP contribution >= 0.6 is 0 Å². The fourth-order valence-corrected chi connectivity index (χ4v) is 2.79. The molecule has 1 fully saturated rings. The van der Waals surface area contributed by atoms with Crippen LogP contribution < -0.4 is 20.5 Å². The van der Waals surface area contributed by atoms with Crippen LogP contribution in [0.5, 0.6) is 5.75 Å². The van der Waals surface area contributed by atoms with Crippen molar-refractivity contribution in [1.82, 2.24) is 10.9 Å². The van der Waals surface area contributed by atoms with Crippen LogP contribution in [0.2, 0.25) is 0 Å². The van der Waals surface area contributed by atoms with Gasteiger partial charge in [-0.15, -0.1) is 0 Å². The van der Waals surface area contributed by atoms with Gasteiger partial charge in [-0.2, -0.15) is 0 Å². The number of hydrogen-bond donors (Lipinski definition) is 2. The minimum Gasteiger partial charge on any atom is -0.497 e. The zero-order valence-electron chi connectivity index (χ0n) is 14.6. The van der Waals surface area contributed by atoms with Gasteiger partial charge in [0, 0.05) is 24.2 Å². The van der Waals surface area contributed by atoms with Crippen molar-refractivity contribution >= 4 is 23.4 Å². The van der Waals surface area contributed by atoms with Crippen molar-refractivity contribution in [3.8, 4) is 5.75 Å². The van der Waals surface area contributed by atoms with Crippen LogP contribution in [0.25, 0.3) is 0 Å². The van der Waals surface area contributed by atoms with E-state index in [0.29, 0.717) is 17.0 Å². The van der Waals surface area contributed by atoms with E-state index in [1.165, 1.54) is 36.3 Å². The van der Waals surface area contributed by atoms with Crippen molar-refractivity contribution in [1.29, 1.82) is 0 Å². The lowest BCUT2D eigenvalue weighted by Gasteiger charge is -2.16. The summed E-state index contributed by atoms with van der Waals surface area (Å²) < 4.78 is 18.0. The number of hydrogen-bond acceptors (Lipinski definition) is 4. The third-order valence-corrected chi connectivity index (χ3v) is 4.29. The molecule has 1 atom stereocenters. The average molecular weight is 371 g/mol. The van der Waals surface area contributed by atoms with Crippen LogP contribution in [0.3, 0.4) is 0 Å². The Bertz CT molecular complexity index is 852. The Kier molecular flexibility index (Phi) is 5.35. The lowest BCUT2D eigenvalue weighted by Crippen LogP contribution is -2.45. The van der Waals surface area contributed by atoms with Gasteiger partial charge in [0.2, 0.25) is 11.8 Å². The third kappa shape index (κ3) is 4.22. The molecule has 140 valence electrons. The maximum atomic E-state index is 13.0. The predicted octanol–water partition coefficient (Wildman–Crippen LogP) is 1.65. The number of hydrazine groups is 1. The van der Waals surface area contributed by atoms with E-state index >= 15 is 0 Å². The summed E-state index contributed by atoms with van der Waals surface area (Å²) in [6.45, 7) is 0.161. The summed E-state index contributed by atoms with van der Waals surface area (Å²) >= 11 is 0. The maximum Gasteiger partial charge on any atom is 0.269 e. The van der Waals surface area contributed by atoms with Crippen LogP contribution in [0, 0.1) is 11.7 Å². The van der Waals surface area contributed by atoms with E-state index in [2.05, 4.69) is 10.9 Å². The van der Waals surface area contributed by atoms with Gasteiger partial charge in [-0.1, -0.05) is 0 Å². The third-order valence-electron chi connectivity index (χ3n) is 4.29. The predicted molar refractivity (Wildman–Crippen MR) is 95.5 cm³/mol. The first-order valence-corrected chi connectivity index (χ1v) is 8.28. The summed E-state index contributed by atoms with van der Waals surface area (Å²) in [5.74, 6) is -1.58. The molecule has 2 aromatic rings. The fourth-order valence-electron chi connectivity index (χ4n) is 2.79. The van der Waals surface area contributed by atoms with E-state index in [-0.39, 0.29) is 18.9 Å². The SMILES string of the molecule is COc1ccc(C(=O)NNC(=O)[C@@H]2CC(=O)N(c3ccc(F)cc3)C2)cc1. The number of halogens is 1. The molecule has 1 aliphatic rings. The van der Waals surface area contributed by atoms with E-state index in [1.807, 2.05) is 0 Å². The number of nitrogens with one attached hydrogen (secondary N) is 2. The quantitative estimate of drug-likeness (QED) is 0.800. The van der Waals surface area contributed by atoms with Gasteiger partial charge in [0.25, 0.3) is 5.91 Å². The summed E-state index contributed by atoms with van der Waals surface area (Å²) in [7, 11) is 1.52. The number of rotatable bonds is 4. The molecule has 2 aromatic carbocycles. The van der Waals surface area contributed by atoms with Gasteiger partial charge < -0.3 is 9.64 Å². The second-order valence-electron chi connectivity index (χ2n) is 6.05. The highest BCUT2D eigenvalue weighted by Gasteiger charge is 2.35. The molecule has 8 heteroatoms. The van der Waals surface area contributed by atoms with Gasteiger partial charge in [-0.25, -0.2) is 4.39 Å². The number of anilines is 1. The number of carbonyl (C=O) groups excluding carboxylic acids is 3. The van der Waals surface area contributed by atoms with Gasteiger partial charge in [-0.05, 0) is 48.5 Å². The molecule has 3 rings (SSSR count). The summed E-state index contributed by atoms with van der Waals surface area (Å²) in [6, 6.07) is 11.9. The van der Waals surface area contributed by atoms with Crippen molar-refractivity contribution in [2.24, 2.45) is 5.92 Å². The van der Waals surface area contributed by atoms with Crippen molar-refractivity contribution in [3.05, 3.63) is 59.9 Å². The molecular weight excluding hydrogens is 353 g/mol. The number of nitrogens with zero attached hydrogens (tertiary/aromatic N) is 1. The Hall–Kier alpha value is -3.42. The monoisotopic (exact) mass is 371 g/mol. The molecule has 0 saturated carbocycles. The molecule has 7 nitrogen and oxygen atoms in total. The molecule has 1 heterocycles. The molecule has 0 radical (unpaired) electrons. The van der Waals surface area contributed by atoms with Gasteiger partial charge >= 0.3 is 0 Å². The van der Waals surface area contributed by atoms with Crippen molar-refractivity contribution < 1.29 is 23.5 Å². The molecule has 2 N–H and O–H groups in total. The lowest BCUT2D eigenvalue weighted by atomic mass is 10.1. The zero-order chi connectivity index (χ0) is 19.4. The Morgan fingerprint density at radius 3 is 2.37 bits per heavy atom. The van der Waals surface area contributed by atoms with Gasteiger partial charge in [0.15, 0.2) is 0 Å². The van der Waals surface area contributed by atoms with Gasteiger partial charge in [0.1, 0.15) is 11.6 Å². The molecule has 0 aliphatic carbocycles. The minimum atomic E-state index is -0.612. The van der Waals surface area contributed by atoms with Crippen LogP contribution in [0.15, 0.2) is 48.5 Å². The van der Waals surface area contributed by atoms with E-state index in [1.54, 1.807) is 24.3 Å². The molecule has 1 saturated heterocycles. The van der Waals surface area contributed by atoms with Crippen LogP contribution in [0.1, 0.15) is 16.8 Å². The Labute approximate surface area is 155 Å². The largest absolute Gasteiger partial charge is 0.497 e. The van der Waals surface area contributed by atoms with Gasteiger partial charge in [0.05, 0.1) is 13.0 Å². The summed E-state index contributed by atoms with van der Waals surface area (Å²) in [5, 5.41) is 0. The highest BCUT2D eigenvalue weighted by Crippen LogP contribution is 2.25. The van der Waals surface area contributed by atoms with Crippen molar-refractivity contribution in [2.45, 2.75) is 6.42 Å². The van der Waals surface area contributed by atoms with Crippen molar-refractivity contribution in [2.75, 3.05) is 18.6 Å². The van der Waals surface area contributed by atoms with Crippen LogP contribution in [-0.2, 0) is 9.59 Å². The summed E-state index contributed by atoms with van der Waals surface area (Å²) in [5.41, 5.74) is 5.56. The molecule has 0 aromatic heterocycles. The minimum absolute atomic E-state index is 0.0155. The van der Waals surface area contributed by atoms with Crippen LogP contribution in [-0.4, -0.2) is 31.4 Å². The summed E-state index contributed by atoms with van der Waals surface area (Å²) in [6.07, 6.45) is 0.0155. The molecule has 27 heavy (non-hydrogen) atoms. The molecule has 0 unspecified atom stereocenters. The average Bonchev–Trinajstić information content (AvgIpc) is 3.08. The normalized spacial score (nSPS) is 16.1. The number of amides is 3. The van der Waals surface area contributed by atoms with E-state index in [9.17, 15) is 18.8 Å². The maximum absolute atomic E-state index is 13.0. The first kappa shape index (κ1) is 18.4. The number of methoxy groups -OCH3 is 1. The molecule has 0 bridgehead atoms. The molecule has 3 amide bonds. The number of carbonyl (C=O) groups is 3. The topological polar surface area (TPSA) is 87.7 Å². The number of benzene rings is 2. The Morgan fingerprint density at radius 1 is 1.07 bits per heavy atom. The highest BCUT2D eigenvalue weighted by atomic mass is 19.1. The zero-order valence-corrected chi connectivity index (χ0v) is 14.6. The Balaban J connectivity index is 1.55. The second-order valence-corrected chi connectivity index (χ2v) is 6.05. The summed E-state index contributed by atoms with van der Waals surface area (Å²) in [4.78, 5) is 37.9. The Morgan fingerprint density at radius 2 is 1.74 bits per heavy atom. The molecule has 0 spiro atoms. The van der Waals surface area contributed by atoms with E-state index in [4.69, 9.17) is 4.74 Å². The van der Waals surface area contributed by atoms with E-state index in [0.717, 1.165) is 0 Å². The standard InChI is InChI=1S/C19H18FN3O4/c1-27-16-8-2-12(3-9-16)18(25)21-22-19(26)13-10-17(24)23(11-13)15-6-4-14(20)5-7-15/h2-9,13H,10-11H2,1H3,(H,21,25)(H,22,26)/t13-/m1/s1. The van der Waals surface area contributed by atoms with Crippen LogP contribution in [0.4, 0.5) is 10.1 Å². The smallest absolute Gasteiger partial charge is 0.269 e. The first-order valence-electron chi connectivity index (χ1n) is 8.28. The van der Waals surface area contributed by atoms with E-state index < -0.39 is 23.5 Å². The molecule has 1 aliphatic heterocycles. The fraction of sp³-hybridized carbons (Fsp3) is 0.211. The number of ether oxygens (including phenoxy) is 1.